The molecule has 16 heavy (non-hydrogen) atoms. The van der Waals surface area contributed by atoms with Crippen molar-refractivity contribution in [3.05, 3.63) is 30.3 Å². The molecular formula is C11H14O5. The van der Waals surface area contributed by atoms with E-state index >= 15 is 0 Å². The number of rotatable bonds is 4. The van der Waals surface area contributed by atoms with Crippen LogP contribution in [0, 0.1) is 0 Å². The van der Waals surface area contributed by atoms with Gasteiger partial charge in [0.05, 0.1) is 6.61 Å². The number of aliphatic hydroxyl groups excluding tert-OH is 1. The summed E-state index contributed by atoms with van der Waals surface area (Å²) in [7, 11) is 0. The topological polar surface area (TPSA) is 83.8 Å². The first-order valence-corrected chi connectivity index (χ1v) is 4.60. The first-order chi connectivity index (χ1) is 7.57. The fraction of sp³-hybridized carbons (Fsp3) is 0.273. The van der Waals surface area contributed by atoms with Crippen molar-refractivity contribution >= 4 is 11.8 Å². The van der Waals surface area contributed by atoms with Crippen LogP contribution in [-0.2, 0) is 9.59 Å². The van der Waals surface area contributed by atoms with Gasteiger partial charge in [-0.25, -0.2) is 4.79 Å². The molecule has 1 aromatic carbocycles. The van der Waals surface area contributed by atoms with Gasteiger partial charge in [-0.15, -0.1) is 0 Å². The van der Waals surface area contributed by atoms with Crippen LogP contribution in [0.1, 0.15) is 6.92 Å². The molecular weight excluding hydrogens is 212 g/mol. The van der Waals surface area contributed by atoms with Gasteiger partial charge in [0.25, 0.3) is 0 Å². The lowest BCUT2D eigenvalue weighted by molar-refractivity contribution is -0.148. The number of aliphatic carboxylic acids is 1. The molecule has 1 aromatic rings. The SMILES string of the molecule is CC(=O)C(=O)O.OCCOc1ccccc1. The summed E-state index contributed by atoms with van der Waals surface area (Å²) in [6.45, 7) is 1.43. The minimum absolute atomic E-state index is 0.0644. The van der Waals surface area contributed by atoms with E-state index in [0.29, 0.717) is 6.61 Å². The van der Waals surface area contributed by atoms with E-state index in [1.807, 2.05) is 30.3 Å². The normalized spacial score (nSPS) is 8.62. The quantitative estimate of drug-likeness (QED) is 0.739. The average molecular weight is 226 g/mol. The first-order valence-electron chi connectivity index (χ1n) is 4.60. The van der Waals surface area contributed by atoms with Crippen LogP contribution in [-0.4, -0.2) is 35.2 Å². The Balaban J connectivity index is 0.000000325. The average Bonchev–Trinajstić information content (AvgIpc) is 2.28. The number of para-hydroxylation sites is 1. The van der Waals surface area contributed by atoms with Crippen molar-refractivity contribution < 1.29 is 24.5 Å². The zero-order chi connectivity index (χ0) is 12.4. The summed E-state index contributed by atoms with van der Waals surface area (Å²) < 4.78 is 5.11. The van der Waals surface area contributed by atoms with Gasteiger partial charge in [0.15, 0.2) is 0 Å². The van der Waals surface area contributed by atoms with Gasteiger partial charge in [0.1, 0.15) is 12.4 Å². The summed E-state index contributed by atoms with van der Waals surface area (Å²) in [6, 6.07) is 9.43. The molecule has 0 aliphatic heterocycles. The Morgan fingerprint density at radius 1 is 1.25 bits per heavy atom. The third-order valence-electron chi connectivity index (χ3n) is 1.40. The Morgan fingerprint density at radius 3 is 2.12 bits per heavy atom. The number of carboxylic acid groups (broad SMARTS) is 1. The molecule has 0 fully saturated rings. The molecule has 0 heterocycles. The number of benzene rings is 1. The molecule has 0 bridgehead atoms. The zero-order valence-corrected chi connectivity index (χ0v) is 8.92. The lowest BCUT2D eigenvalue weighted by Gasteiger charge is -2.01. The number of hydrogen-bond acceptors (Lipinski definition) is 4. The Bertz CT molecular complexity index is 308. The largest absolute Gasteiger partial charge is 0.491 e. The van der Waals surface area contributed by atoms with Crippen LogP contribution in [0.15, 0.2) is 30.3 Å². The van der Waals surface area contributed by atoms with Gasteiger partial charge < -0.3 is 14.9 Å². The van der Waals surface area contributed by atoms with Crippen molar-refractivity contribution in [2.24, 2.45) is 0 Å². The molecule has 0 aliphatic rings. The second-order valence-corrected chi connectivity index (χ2v) is 2.75. The van der Waals surface area contributed by atoms with Crippen LogP contribution in [0.25, 0.3) is 0 Å². The number of aliphatic hydroxyl groups is 1. The number of hydrogen-bond donors (Lipinski definition) is 2. The number of Topliss-reactive ketones (excluding diaryl/α,β-unsaturated/α-hetero) is 1. The highest BCUT2D eigenvalue weighted by atomic mass is 16.5. The minimum atomic E-state index is -1.38. The van der Waals surface area contributed by atoms with Gasteiger partial charge in [-0.05, 0) is 12.1 Å². The first kappa shape index (κ1) is 14.1. The van der Waals surface area contributed by atoms with Crippen molar-refractivity contribution in [2.75, 3.05) is 13.2 Å². The van der Waals surface area contributed by atoms with Crippen molar-refractivity contribution in [1.29, 1.82) is 0 Å². The maximum Gasteiger partial charge on any atom is 0.371 e. The summed E-state index contributed by atoms with van der Waals surface area (Å²) in [5.41, 5.74) is 0. The Hall–Kier alpha value is -1.88. The van der Waals surface area contributed by atoms with Gasteiger partial charge in [-0.1, -0.05) is 18.2 Å². The van der Waals surface area contributed by atoms with Crippen molar-refractivity contribution in [3.8, 4) is 5.75 Å². The highest BCUT2D eigenvalue weighted by Gasteiger charge is 1.99. The van der Waals surface area contributed by atoms with E-state index in [2.05, 4.69) is 0 Å². The Morgan fingerprint density at radius 2 is 1.75 bits per heavy atom. The molecule has 88 valence electrons. The molecule has 0 saturated carbocycles. The second kappa shape index (κ2) is 8.43. The Kier molecular flexibility index (Phi) is 7.44. The van der Waals surface area contributed by atoms with E-state index in [9.17, 15) is 9.59 Å². The summed E-state index contributed by atoms with van der Waals surface area (Å²) in [4.78, 5) is 18.9. The van der Waals surface area contributed by atoms with Crippen LogP contribution in [0.4, 0.5) is 0 Å². The fourth-order valence-corrected chi connectivity index (χ4v) is 0.680. The van der Waals surface area contributed by atoms with Crippen LogP contribution < -0.4 is 4.74 Å². The third-order valence-corrected chi connectivity index (χ3v) is 1.40. The molecule has 0 aliphatic carbocycles. The van der Waals surface area contributed by atoms with Crippen LogP contribution in [0.2, 0.25) is 0 Å². The molecule has 0 spiro atoms. The van der Waals surface area contributed by atoms with E-state index in [1.165, 1.54) is 0 Å². The number of carboxylic acids is 1. The van der Waals surface area contributed by atoms with Gasteiger partial charge in [0.2, 0.25) is 5.78 Å². The smallest absolute Gasteiger partial charge is 0.371 e. The van der Waals surface area contributed by atoms with Gasteiger partial charge in [-0.3, -0.25) is 4.79 Å². The van der Waals surface area contributed by atoms with E-state index in [4.69, 9.17) is 14.9 Å². The molecule has 0 aromatic heterocycles. The maximum absolute atomic E-state index is 9.54. The predicted octanol–water partition coefficient (Wildman–Crippen LogP) is 0.718. The monoisotopic (exact) mass is 226 g/mol. The molecule has 0 unspecified atom stereocenters. The molecule has 2 N–H and O–H groups in total. The molecule has 0 amide bonds. The number of carbonyl (C=O) groups excluding carboxylic acids is 1. The summed E-state index contributed by atoms with van der Waals surface area (Å²) in [5.74, 6) is -1.40. The van der Waals surface area contributed by atoms with E-state index < -0.39 is 11.8 Å². The lowest BCUT2D eigenvalue weighted by atomic mass is 10.3. The number of ether oxygens (including phenoxy) is 1. The number of ketones is 1. The molecule has 0 atom stereocenters. The highest BCUT2D eigenvalue weighted by molar-refractivity contribution is 6.31. The van der Waals surface area contributed by atoms with Crippen molar-refractivity contribution in [1.82, 2.24) is 0 Å². The Labute approximate surface area is 93.3 Å². The molecule has 5 heteroatoms. The molecule has 1 rings (SSSR count). The van der Waals surface area contributed by atoms with Crippen molar-refractivity contribution in [3.63, 3.8) is 0 Å². The second-order valence-electron chi connectivity index (χ2n) is 2.75. The van der Waals surface area contributed by atoms with Gasteiger partial charge >= 0.3 is 5.97 Å². The van der Waals surface area contributed by atoms with Crippen LogP contribution in [0.5, 0.6) is 5.75 Å². The van der Waals surface area contributed by atoms with Gasteiger partial charge in [0, 0.05) is 6.92 Å². The standard InChI is InChI=1S/C8H10O2.C3H4O3/c9-6-7-10-8-4-2-1-3-5-8;1-2(4)3(5)6/h1-5,9H,6-7H2;1H3,(H,5,6). The molecule has 5 nitrogen and oxygen atoms in total. The third kappa shape index (κ3) is 7.52. The van der Waals surface area contributed by atoms with Crippen LogP contribution in [0.3, 0.4) is 0 Å². The van der Waals surface area contributed by atoms with E-state index in [1.54, 1.807) is 0 Å². The fourth-order valence-electron chi connectivity index (χ4n) is 0.680. The maximum atomic E-state index is 9.54. The van der Waals surface area contributed by atoms with Gasteiger partial charge in [-0.2, -0.15) is 0 Å². The van der Waals surface area contributed by atoms with Crippen LogP contribution >= 0.6 is 0 Å². The minimum Gasteiger partial charge on any atom is -0.491 e. The highest BCUT2D eigenvalue weighted by Crippen LogP contribution is 2.06. The lowest BCUT2D eigenvalue weighted by Crippen LogP contribution is -2.05. The van der Waals surface area contributed by atoms with E-state index in [-0.39, 0.29) is 6.61 Å². The summed E-state index contributed by atoms with van der Waals surface area (Å²) in [5, 5.41) is 16.0. The summed E-state index contributed by atoms with van der Waals surface area (Å²) in [6.07, 6.45) is 0. The molecule has 0 saturated heterocycles. The van der Waals surface area contributed by atoms with E-state index in [0.717, 1.165) is 12.7 Å². The number of carbonyl (C=O) groups is 2. The summed E-state index contributed by atoms with van der Waals surface area (Å²) >= 11 is 0. The van der Waals surface area contributed by atoms with Crippen molar-refractivity contribution in [2.45, 2.75) is 6.92 Å². The molecule has 0 radical (unpaired) electrons. The predicted molar refractivity (Wildman–Crippen MR) is 57.3 cm³/mol. The zero-order valence-electron chi connectivity index (χ0n) is 8.92.